The molecule has 3 nitrogen and oxygen atoms in total. The molecule has 26 heavy (non-hydrogen) atoms. The Morgan fingerprint density at radius 2 is 1.88 bits per heavy atom. The average molecular weight is 385 g/mol. The van der Waals surface area contributed by atoms with Crippen LogP contribution in [-0.4, -0.2) is 15.3 Å². The first-order valence-electron chi connectivity index (χ1n) is 8.40. The minimum atomic E-state index is -0.322. The fourth-order valence-electron chi connectivity index (χ4n) is 2.94. The minimum absolute atomic E-state index is 0.0631. The molecule has 1 aliphatic rings. The molecule has 4 rings (SSSR count). The number of aryl methyl sites for hydroxylation is 1. The Kier molecular flexibility index (Phi) is 4.87. The third-order valence-corrected chi connectivity index (χ3v) is 6.52. The summed E-state index contributed by atoms with van der Waals surface area (Å²) in [6, 6.07) is 16.1. The van der Waals surface area contributed by atoms with Crippen LogP contribution in [-0.2, 0) is 6.42 Å². The van der Waals surface area contributed by atoms with Crippen LogP contribution in [0.2, 0.25) is 0 Å². The summed E-state index contributed by atoms with van der Waals surface area (Å²) in [7, 11) is 0. The Labute approximate surface area is 159 Å². The molecule has 2 aromatic carbocycles. The summed E-state index contributed by atoms with van der Waals surface area (Å²) in [5, 5.41) is 0.793. The van der Waals surface area contributed by atoms with E-state index >= 15 is 0 Å². The Bertz CT molecular complexity index is 987. The number of fused-ring (bicyclic) bond motifs is 1. The topological polar surface area (TPSA) is 34.9 Å². The summed E-state index contributed by atoms with van der Waals surface area (Å²) in [5.41, 5.74) is 2.63. The molecule has 0 aliphatic carbocycles. The van der Waals surface area contributed by atoms with Crippen LogP contribution >= 0.6 is 23.5 Å². The molecule has 0 spiro atoms. The van der Waals surface area contributed by atoms with Gasteiger partial charge in [-0.1, -0.05) is 42.1 Å². The molecule has 132 valence electrons. The number of thioether (sulfide) groups is 2. The standard InChI is InChI=1S/C20H17FN2OS2/c1-13(14-5-3-2-4-6-14)26-20-22-17-11-12-25-18(17)19(24)23(20)16-9-7-15(21)8-10-16/h2-10,13H,11-12H2,1H3/t13-/m0/s1. The molecule has 2 heterocycles. The van der Waals surface area contributed by atoms with E-state index in [9.17, 15) is 9.18 Å². The Morgan fingerprint density at radius 1 is 1.15 bits per heavy atom. The van der Waals surface area contributed by atoms with Crippen molar-refractivity contribution in [2.24, 2.45) is 0 Å². The van der Waals surface area contributed by atoms with E-state index < -0.39 is 0 Å². The fraction of sp³-hybridized carbons (Fsp3) is 0.200. The maximum atomic E-state index is 13.3. The van der Waals surface area contributed by atoms with E-state index in [-0.39, 0.29) is 16.6 Å². The highest BCUT2D eigenvalue weighted by atomic mass is 32.2. The van der Waals surface area contributed by atoms with Gasteiger partial charge in [-0.15, -0.1) is 11.8 Å². The zero-order valence-corrected chi connectivity index (χ0v) is 15.8. The van der Waals surface area contributed by atoms with Crippen molar-refractivity contribution in [3.05, 3.63) is 82.0 Å². The van der Waals surface area contributed by atoms with Crippen molar-refractivity contribution < 1.29 is 4.39 Å². The highest BCUT2D eigenvalue weighted by Gasteiger charge is 2.23. The van der Waals surface area contributed by atoms with E-state index in [0.717, 1.165) is 17.9 Å². The lowest BCUT2D eigenvalue weighted by atomic mass is 10.2. The molecule has 0 unspecified atom stereocenters. The van der Waals surface area contributed by atoms with Gasteiger partial charge in [-0.05, 0) is 36.8 Å². The van der Waals surface area contributed by atoms with Crippen LogP contribution in [0.4, 0.5) is 4.39 Å². The second-order valence-electron chi connectivity index (χ2n) is 6.06. The van der Waals surface area contributed by atoms with Crippen molar-refractivity contribution in [1.82, 2.24) is 9.55 Å². The average Bonchev–Trinajstić information content (AvgIpc) is 3.13. The lowest BCUT2D eigenvalue weighted by Crippen LogP contribution is -2.24. The van der Waals surface area contributed by atoms with Crippen LogP contribution in [0.3, 0.4) is 0 Å². The third-order valence-electron chi connectivity index (χ3n) is 4.30. The van der Waals surface area contributed by atoms with Gasteiger partial charge in [0.05, 0.1) is 16.3 Å². The largest absolute Gasteiger partial charge is 0.272 e. The monoisotopic (exact) mass is 384 g/mol. The molecule has 6 heteroatoms. The van der Waals surface area contributed by atoms with Gasteiger partial charge in [-0.25, -0.2) is 9.37 Å². The Morgan fingerprint density at radius 3 is 2.62 bits per heavy atom. The normalized spacial score (nSPS) is 14.2. The summed E-state index contributed by atoms with van der Waals surface area (Å²) in [6.07, 6.45) is 0.812. The van der Waals surface area contributed by atoms with Gasteiger partial charge in [0, 0.05) is 17.4 Å². The zero-order valence-electron chi connectivity index (χ0n) is 14.2. The Balaban J connectivity index is 1.81. The van der Waals surface area contributed by atoms with Gasteiger partial charge in [0.1, 0.15) is 5.82 Å². The lowest BCUT2D eigenvalue weighted by molar-refractivity contribution is 0.626. The van der Waals surface area contributed by atoms with Gasteiger partial charge in [0.25, 0.3) is 5.56 Å². The van der Waals surface area contributed by atoms with Gasteiger partial charge in [0.2, 0.25) is 0 Å². The SMILES string of the molecule is C[C@H](Sc1nc2c(c(=O)n1-c1ccc(F)cc1)SCC2)c1ccccc1. The number of aromatic nitrogens is 2. The molecule has 0 radical (unpaired) electrons. The zero-order chi connectivity index (χ0) is 18.1. The summed E-state index contributed by atoms with van der Waals surface area (Å²) in [4.78, 5) is 18.6. The molecule has 0 N–H and O–H groups in total. The number of nitrogens with zero attached hydrogens (tertiary/aromatic N) is 2. The predicted molar refractivity (Wildman–Crippen MR) is 105 cm³/mol. The van der Waals surface area contributed by atoms with Gasteiger partial charge >= 0.3 is 0 Å². The van der Waals surface area contributed by atoms with E-state index in [0.29, 0.717) is 15.7 Å². The maximum absolute atomic E-state index is 13.3. The molecule has 0 saturated heterocycles. The van der Waals surface area contributed by atoms with Gasteiger partial charge < -0.3 is 0 Å². The number of hydrogen-bond donors (Lipinski definition) is 0. The van der Waals surface area contributed by atoms with Crippen molar-refractivity contribution in [3.8, 4) is 5.69 Å². The summed E-state index contributed by atoms with van der Waals surface area (Å²) < 4.78 is 15.0. The summed E-state index contributed by atoms with van der Waals surface area (Å²) >= 11 is 3.10. The number of hydrogen-bond acceptors (Lipinski definition) is 4. The summed E-state index contributed by atoms with van der Waals surface area (Å²) in [6.45, 7) is 2.10. The molecular formula is C20H17FN2OS2. The highest BCUT2D eigenvalue weighted by Crippen LogP contribution is 2.36. The van der Waals surface area contributed by atoms with Crippen LogP contribution in [0.1, 0.15) is 23.4 Å². The molecule has 0 bridgehead atoms. The van der Waals surface area contributed by atoms with Crippen molar-refractivity contribution in [2.45, 2.75) is 28.6 Å². The van der Waals surface area contributed by atoms with E-state index in [1.54, 1.807) is 40.2 Å². The number of rotatable bonds is 4. The first-order chi connectivity index (χ1) is 12.6. The molecule has 1 aliphatic heterocycles. The van der Waals surface area contributed by atoms with Crippen LogP contribution in [0.25, 0.3) is 5.69 Å². The van der Waals surface area contributed by atoms with E-state index in [2.05, 4.69) is 19.1 Å². The Hall–Kier alpha value is -2.05. The molecule has 3 aromatic rings. The maximum Gasteiger partial charge on any atom is 0.272 e. The number of benzene rings is 2. The van der Waals surface area contributed by atoms with Crippen LogP contribution < -0.4 is 5.56 Å². The van der Waals surface area contributed by atoms with Gasteiger partial charge in [-0.2, -0.15) is 0 Å². The second kappa shape index (κ2) is 7.29. The molecule has 1 atom stereocenters. The molecule has 1 aromatic heterocycles. The van der Waals surface area contributed by atoms with Crippen LogP contribution in [0.15, 0.2) is 69.4 Å². The first kappa shape index (κ1) is 17.4. The fourth-order valence-corrected chi connectivity index (χ4v) is 5.03. The van der Waals surface area contributed by atoms with Crippen LogP contribution in [0.5, 0.6) is 0 Å². The number of halogens is 1. The molecular weight excluding hydrogens is 367 g/mol. The van der Waals surface area contributed by atoms with Crippen molar-refractivity contribution >= 4 is 23.5 Å². The minimum Gasteiger partial charge on any atom is -0.268 e. The van der Waals surface area contributed by atoms with Crippen LogP contribution in [0, 0.1) is 5.82 Å². The summed E-state index contributed by atoms with van der Waals surface area (Å²) in [5.74, 6) is 0.556. The third kappa shape index (κ3) is 3.31. The van der Waals surface area contributed by atoms with Crippen molar-refractivity contribution in [3.63, 3.8) is 0 Å². The van der Waals surface area contributed by atoms with Gasteiger partial charge in [0.15, 0.2) is 5.16 Å². The van der Waals surface area contributed by atoms with E-state index in [1.807, 2.05) is 18.2 Å². The lowest BCUT2D eigenvalue weighted by Gasteiger charge is -2.17. The van der Waals surface area contributed by atoms with Crippen molar-refractivity contribution in [2.75, 3.05) is 5.75 Å². The second-order valence-corrected chi connectivity index (χ2v) is 8.47. The first-order valence-corrected chi connectivity index (χ1v) is 10.3. The highest BCUT2D eigenvalue weighted by molar-refractivity contribution is 7.99. The molecule has 0 saturated carbocycles. The van der Waals surface area contributed by atoms with Gasteiger partial charge in [-0.3, -0.25) is 9.36 Å². The van der Waals surface area contributed by atoms with E-state index in [1.165, 1.54) is 17.7 Å². The predicted octanol–water partition coefficient (Wildman–Crippen LogP) is 4.87. The molecule has 0 amide bonds. The quantitative estimate of drug-likeness (QED) is 0.475. The molecule has 0 fully saturated rings. The van der Waals surface area contributed by atoms with E-state index in [4.69, 9.17) is 4.98 Å². The van der Waals surface area contributed by atoms with Crippen molar-refractivity contribution in [1.29, 1.82) is 0 Å². The smallest absolute Gasteiger partial charge is 0.268 e.